The first kappa shape index (κ1) is 60.2. The maximum Gasteiger partial charge on any atom is 0.472 e. The molecule has 16 heteroatoms. The maximum atomic E-state index is 12.8. The molecule has 0 saturated heterocycles. The molecule has 15 nitrogen and oxygen atoms in total. The number of ether oxygens (including phenoxy) is 2. The second-order valence-corrected chi connectivity index (χ2v) is 18.0. The highest BCUT2D eigenvalue weighted by Crippen LogP contribution is 2.47. The summed E-state index contributed by atoms with van der Waals surface area (Å²) in [5.74, 6) is -1.31. The van der Waals surface area contributed by atoms with Crippen molar-refractivity contribution in [2.24, 2.45) is 0 Å². The summed E-state index contributed by atoms with van der Waals surface area (Å²) in [6.45, 7) is 3.01. The smallest absolute Gasteiger partial charge is 0.462 e. The van der Waals surface area contributed by atoms with Crippen LogP contribution < -0.4 is 0 Å². The topological polar surface area (TPSA) is 250 Å². The average Bonchev–Trinajstić information content (AvgIpc) is 3.28. The fraction of sp³-hybridized carbons (Fsp3) is 0.714. The molecule has 1 fully saturated rings. The van der Waals surface area contributed by atoms with Gasteiger partial charge in [-0.2, -0.15) is 0 Å². The molecule has 1 aliphatic rings. The summed E-state index contributed by atoms with van der Waals surface area (Å²) >= 11 is 0. The van der Waals surface area contributed by atoms with Crippen LogP contribution in [0.4, 0.5) is 0 Å². The van der Waals surface area contributed by atoms with Crippen molar-refractivity contribution >= 4 is 19.8 Å². The minimum Gasteiger partial charge on any atom is -0.462 e. The van der Waals surface area contributed by atoms with Crippen LogP contribution in [0.2, 0.25) is 0 Å². The average molecular weight is 943 g/mol. The minimum atomic E-state index is -5.18. The van der Waals surface area contributed by atoms with Gasteiger partial charge in [-0.25, -0.2) is 4.57 Å². The summed E-state index contributed by atoms with van der Waals surface area (Å²) in [7, 11) is -5.18. The van der Waals surface area contributed by atoms with Gasteiger partial charge in [-0.3, -0.25) is 18.6 Å². The minimum absolute atomic E-state index is 0.00830. The van der Waals surface area contributed by atoms with Gasteiger partial charge < -0.3 is 50.1 Å². The van der Waals surface area contributed by atoms with Crippen LogP contribution in [-0.4, -0.2) is 121 Å². The molecule has 1 rings (SSSR count). The molecule has 3 unspecified atom stereocenters. The van der Waals surface area contributed by atoms with E-state index in [0.717, 1.165) is 64.2 Å². The van der Waals surface area contributed by atoms with E-state index in [4.69, 9.17) is 18.5 Å². The third-order valence-corrected chi connectivity index (χ3v) is 11.7. The number of unbranched alkanes of at least 4 members (excludes halogenated alkanes) is 10. The number of rotatable bonds is 38. The van der Waals surface area contributed by atoms with Gasteiger partial charge in [0.15, 0.2) is 6.10 Å². The second kappa shape index (κ2) is 38.2. The van der Waals surface area contributed by atoms with Gasteiger partial charge in [-0.1, -0.05) is 138 Å². The molecule has 0 heterocycles. The van der Waals surface area contributed by atoms with Crippen molar-refractivity contribution in [3.05, 3.63) is 72.9 Å². The van der Waals surface area contributed by atoms with Gasteiger partial charge in [0.25, 0.3) is 0 Å². The van der Waals surface area contributed by atoms with E-state index in [1.807, 2.05) is 30.4 Å². The molecule has 65 heavy (non-hydrogen) atoms. The lowest BCUT2D eigenvalue weighted by molar-refractivity contribution is -0.220. The van der Waals surface area contributed by atoms with E-state index in [-0.39, 0.29) is 12.8 Å². The van der Waals surface area contributed by atoms with Crippen LogP contribution in [0.3, 0.4) is 0 Å². The molecule has 0 radical (unpaired) electrons. The molecule has 10 atom stereocenters. The van der Waals surface area contributed by atoms with Gasteiger partial charge in [0.1, 0.15) is 43.2 Å². The van der Waals surface area contributed by atoms with Crippen LogP contribution >= 0.6 is 7.82 Å². The number of hydrogen-bond acceptors (Lipinski definition) is 14. The number of carbonyl (C=O) groups excluding carboxylic acids is 2. The molecular weight excluding hydrogens is 859 g/mol. The number of phosphoric acid groups is 1. The summed E-state index contributed by atoms with van der Waals surface area (Å²) in [4.78, 5) is 35.7. The van der Waals surface area contributed by atoms with Crippen molar-refractivity contribution < 1.29 is 73.3 Å². The van der Waals surface area contributed by atoms with Crippen LogP contribution in [0.5, 0.6) is 0 Å². The molecule has 0 aromatic carbocycles. The number of carbonyl (C=O) groups is 2. The first-order chi connectivity index (χ1) is 31.2. The molecule has 0 aliphatic heterocycles. The third-order valence-electron chi connectivity index (χ3n) is 10.7. The molecule has 0 spiro atoms. The van der Waals surface area contributed by atoms with Gasteiger partial charge in [-0.15, -0.1) is 0 Å². The summed E-state index contributed by atoms with van der Waals surface area (Å²) in [6, 6.07) is 0. The van der Waals surface area contributed by atoms with Crippen molar-refractivity contribution in [1.29, 1.82) is 0 Å². The van der Waals surface area contributed by atoms with Crippen LogP contribution in [0.15, 0.2) is 72.9 Å². The fourth-order valence-electron chi connectivity index (χ4n) is 6.70. The highest BCUT2D eigenvalue weighted by Gasteiger charge is 2.51. The number of esters is 2. The van der Waals surface area contributed by atoms with Gasteiger partial charge >= 0.3 is 19.8 Å². The highest BCUT2D eigenvalue weighted by atomic mass is 31.2. The number of hydrogen-bond donors (Lipinski definition) is 8. The number of aliphatic hydroxyl groups excluding tert-OH is 7. The molecule has 8 N–H and O–H groups in total. The Kier molecular flexibility index (Phi) is 35.4. The maximum absolute atomic E-state index is 12.8. The Hall–Kier alpha value is -2.79. The Labute approximate surface area is 388 Å². The summed E-state index contributed by atoms with van der Waals surface area (Å²) < 4.78 is 33.4. The largest absolute Gasteiger partial charge is 0.472 e. The SMILES string of the molecule is CCCCC/C=C\C/C=C\C/C=C\C/C=C\C/C=C\CCC(=O)OC[C@H](COP(=O)(O)OC1[C@H](O)[C@H](O)C(O)[C@H](O)[C@H]1O)OC(=O)CCCCCCC[C@H](O)[C@@H](O)C/C=C\CCCCC. The molecule has 374 valence electrons. The van der Waals surface area contributed by atoms with Gasteiger partial charge in [-0.05, 0) is 77.0 Å². The van der Waals surface area contributed by atoms with Crippen LogP contribution in [0, 0.1) is 0 Å². The van der Waals surface area contributed by atoms with Crippen LogP contribution in [0.25, 0.3) is 0 Å². The Morgan fingerprint density at radius 2 is 1.02 bits per heavy atom. The van der Waals surface area contributed by atoms with Crippen LogP contribution in [-0.2, 0) is 32.7 Å². The quantitative estimate of drug-likeness (QED) is 0.0130. The van der Waals surface area contributed by atoms with Gasteiger partial charge in [0.2, 0.25) is 0 Å². The first-order valence-corrected chi connectivity index (χ1v) is 25.4. The molecule has 0 aromatic rings. The lowest BCUT2D eigenvalue weighted by atomic mass is 9.85. The molecule has 1 saturated carbocycles. The molecule has 1 aliphatic carbocycles. The molecular formula is C49H83O15P. The fourth-order valence-corrected chi connectivity index (χ4v) is 7.68. The highest BCUT2D eigenvalue weighted by molar-refractivity contribution is 7.47. The van der Waals surface area contributed by atoms with Gasteiger partial charge in [0, 0.05) is 12.8 Å². The zero-order valence-corrected chi connectivity index (χ0v) is 39.9. The predicted octanol–water partition coefficient (Wildman–Crippen LogP) is 7.44. The summed E-state index contributed by atoms with van der Waals surface area (Å²) in [5, 5.41) is 70.7. The number of aliphatic hydroxyl groups is 7. The molecule has 0 bridgehead atoms. The van der Waals surface area contributed by atoms with E-state index in [2.05, 4.69) is 56.4 Å². The van der Waals surface area contributed by atoms with E-state index in [0.29, 0.717) is 44.9 Å². The monoisotopic (exact) mass is 943 g/mol. The Morgan fingerprint density at radius 3 is 1.57 bits per heavy atom. The summed E-state index contributed by atoms with van der Waals surface area (Å²) in [5.41, 5.74) is 0. The van der Waals surface area contributed by atoms with E-state index in [1.165, 1.54) is 19.3 Å². The lowest BCUT2D eigenvalue weighted by Gasteiger charge is -2.41. The van der Waals surface area contributed by atoms with Crippen molar-refractivity contribution in [1.82, 2.24) is 0 Å². The van der Waals surface area contributed by atoms with Crippen molar-refractivity contribution in [3.8, 4) is 0 Å². The zero-order valence-electron chi connectivity index (χ0n) is 39.0. The number of phosphoric ester groups is 1. The number of allylic oxidation sites excluding steroid dienone is 11. The first-order valence-electron chi connectivity index (χ1n) is 23.9. The van der Waals surface area contributed by atoms with Crippen molar-refractivity contribution in [2.75, 3.05) is 13.2 Å². The van der Waals surface area contributed by atoms with E-state index < -0.39 is 87.9 Å². The molecule has 0 amide bonds. The lowest BCUT2D eigenvalue weighted by Crippen LogP contribution is -2.64. The Balaban J connectivity index is 2.56. The Bertz CT molecular complexity index is 1450. The second-order valence-electron chi connectivity index (χ2n) is 16.6. The predicted molar refractivity (Wildman–Crippen MR) is 251 cm³/mol. The third kappa shape index (κ3) is 30.3. The van der Waals surface area contributed by atoms with Crippen molar-refractivity contribution in [2.45, 2.75) is 210 Å². The Morgan fingerprint density at radius 1 is 0.538 bits per heavy atom. The summed E-state index contributed by atoms with van der Waals surface area (Å²) in [6.07, 6.45) is 26.9. The standard InChI is InChI=1S/C49H83O15P/c1-3-5-7-9-11-12-13-14-15-16-17-18-19-20-21-22-23-27-31-35-42(52)61-37-39(38-62-65(59,60)64-49-47(57)45(55)44(54)46(56)48(49)58)63-43(53)36-32-28-24-26-30-34-41(51)40(50)33-29-25-10-8-6-4-2/h11-12,14-15,17-18,20-21,23,25,27,29,39-41,44-51,54-58H,3-10,13,16,19,22,24,26,28,30-38H2,1-2H3,(H,59,60)/b12-11-,15-14-,18-17-,21-20-,27-23-,29-25-/t39-,40+,41+,44?,45-,46+,47-,48-,49?/m1/s1. The van der Waals surface area contributed by atoms with E-state index >= 15 is 0 Å². The molecule has 0 aromatic heterocycles. The van der Waals surface area contributed by atoms with E-state index in [1.54, 1.807) is 0 Å². The zero-order chi connectivity index (χ0) is 48.1. The van der Waals surface area contributed by atoms with Crippen molar-refractivity contribution in [3.63, 3.8) is 0 Å². The van der Waals surface area contributed by atoms with Crippen LogP contribution in [0.1, 0.15) is 155 Å². The van der Waals surface area contributed by atoms with Gasteiger partial charge in [0.05, 0.1) is 18.8 Å². The normalized spacial score (nSPS) is 23.0. The van der Waals surface area contributed by atoms with E-state index in [9.17, 15) is 54.8 Å².